The van der Waals surface area contributed by atoms with Crippen LogP contribution in [-0.4, -0.2) is 25.1 Å². The van der Waals surface area contributed by atoms with Crippen molar-refractivity contribution in [3.8, 4) is 22.6 Å². The zero-order valence-corrected chi connectivity index (χ0v) is 23.3. The van der Waals surface area contributed by atoms with Gasteiger partial charge in [0.15, 0.2) is 11.5 Å². The van der Waals surface area contributed by atoms with E-state index >= 15 is 0 Å². The largest absolute Gasteiger partial charge is 0.359 e. The highest BCUT2D eigenvalue weighted by Gasteiger charge is 2.17. The van der Waals surface area contributed by atoms with Crippen molar-refractivity contribution in [2.24, 2.45) is 5.41 Å². The number of hydrogen-bond donors (Lipinski definition) is 3. The molecule has 7 heteroatoms. The van der Waals surface area contributed by atoms with Crippen molar-refractivity contribution < 1.29 is 4.39 Å². The summed E-state index contributed by atoms with van der Waals surface area (Å²) in [5, 5.41) is 11.0. The maximum absolute atomic E-state index is 13.5. The molecule has 5 rings (SSSR count). The molecule has 202 valence electrons. The smallest absolute Gasteiger partial charge is 0.161 e. The lowest BCUT2D eigenvalue weighted by molar-refractivity contribution is 0.403. The minimum atomic E-state index is -0.273. The van der Waals surface area contributed by atoms with Gasteiger partial charge in [0.2, 0.25) is 0 Å². The number of allylic oxidation sites excluding steroid dienone is 5. The van der Waals surface area contributed by atoms with Crippen molar-refractivity contribution >= 4 is 27.6 Å². The van der Waals surface area contributed by atoms with E-state index in [0.717, 1.165) is 56.8 Å². The summed E-state index contributed by atoms with van der Waals surface area (Å²) in [6, 6.07) is 16.3. The highest BCUT2D eigenvalue weighted by Crippen LogP contribution is 2.32. The van der Waals surface area contributed by atoms with Gasteiger partial charge in [-0.05, 0) is 72.4 Å². The number of aromatic nitrogens is 5. The summed E-state index contributed by atoms with van der Waals surface area (Å²) in [7, 11) is 0. The van der Waals surface area contributed by atoms with Crippen LogP contribution in [0.5, 0.6) is 0 Å². The van der Waals surface area contributed by atoms with Crippen LogP contribution >= 0.6 is 0 Å². The van der Waals surface area contributed by atoms with E-state index in [1.807, 2.05) is 49.4 Å². The molecule has 0 aliphatic heterocycles. The minimum Gasteiger partial charge on any atom is -0.359 e. The summed E-state index contributed by atoms with van der Waals surface area (Å²) in [5.41, 5.74) is 9.21. The Hall–Kier alpha value is -4.78. The second kappa shape index (κ2) is 10.8. The molecule has 0 aliphatic carbocycles. The molecule has 0 radical (unpaired) electrons. The Morgan fingerprint density at radius 1 is 1.00 bits per heavy atom. The van der Waals surface area contributed by atoms with E-state index in [0.29, 0.717) is 17.0 Å². The summed E-state index contributed by atoms with van der Waals surface area (Å²) in [4.78, 5) is 13.3. The van der Waals surface area contributed by atoms with Crippen molar-refractivity contribution in [3.05, 3.63) is 109 Å². The van der Waals surface area contributed by atoms with Gasteiger partial charge in [-0.2, -0.15) is 5.10 Å². The zero-order chi connectivity index (χ0) is 28.4. The van der Waals surface area contributed by atoms with Crippen LogP contribution in [0.3, 0.4) is 0 Å². The molecule has 2 aromatic carbocycles. The number of H-pyrrole nitrogens is 2. The third-order valence-corrected chi connectivity index (χ3v) is 6.50. The first-order chi connectivity index (χ1) is 19.1. The van der Waals surface area contributed by atoms with Gasteiger partial charge in [0.1, 0.15) is 11.3 Å². The fourth-order valence-electron chi connectivity index (χ4n) is 4.74. The number of nitrogens with one attached hydrogen (secondary N) is 3. The Labute approximate surface area is 233 Å². The molecule has 0 bridgehead atoms. The maximum Gasteiger partial charge on any atom is 0.161 e. The third-order valence-electron chi connectivity index (χ3n) is 6.50. The molecule has 3 heterocycles. The Balaban J connectivity index is 1.51. The lowest BCUT2D eigenvalue weighted by atomic mass is 9.91. The van der Waals surface area contributed by atoms with Crippen molar-refractivity contribution in [3.63, 3.8) is 0 Å². The number of para-hydroxylation sites is 1. The van der Waals surface area contributed by atoms with Gasteiger partial charge in [-0.1, -0.05) is 64.3 Å². The van der Waals surface area contributed by atoms with Gasteiger partial charge < -0.3 is 10.3 Å². The lowest BCUT2D eigenvalue weighted by Gasteiger charge is -2.21. The quantitative estimate of drug-likeness (QED) is 0.176. The van der Waals surface area contributed by atoms with Gasteiger partial charge in [0, 0.05) is 17.0 Å². The van der Waals surface area contributed by atoms with Crippen LogP contribution < -0.4 is 5.32 Å². The van der Waals surface area contributed by atoms with Crippen LogP contribution in [0.2, 0.25) is 0 Å². The first kappa shape index (κ1) is 26.8. The number of nitrogens with zero attached hydrogens (tertiary/aromatic N) is 3. The van der Waals surface area contributed by atoms with E-state index in [9.17, 15) is 4.39 Å². The van der Waals surface area contributed by atoms with Gasteiger partial charge in [-0.15, -0.1) is 0 Å². The highest BCUT2D eigenvalue weighted by molar-refractivity contribution is 5.96. The summed E-state index contributed by atoms with van der Waals surface area (Å²) in [6.45, 7) is 16.7. The molecule has 0 amide bonds. The molecule has 0 unspecified atom stereocenters. The summed E-state index contributed by atoms with van der Waals surface area (Å²) >= 11 is 0. The first-order valence-electron chi connectivity index (χ1n) is 13.2. The molecule has 6 nitrogen and oxygen atoms in total. The fourth-order valence-corrected chi connectivity index (χ4v) is 4.74. The van der Waals surface area contributed by atoms with E-state index in [4.69, 9.17) is 9.97 Å². The van der Waals surface area contributed by atoms with E-state index in [1.165, 1.54) is 12.1 Å². The first-order valence-corrected chi connectivity index (χ1v) is 13.2. The molecule has 3 N–H and O–H groups in total. The summed E-state index contributed by atoms with van der Waals surface area (Å²) in [6.07, 6.45) is 6.66. The Kier molecular flexibility index (Phi) is 7.22. The Morgan fingerprint density at radius 3 is 2.48 bits per heavy atom. The number of pyridine rings is 1. The average Bonchev–Trinajstić information content (AvgIpc) is 3.54. The predicted molar refractivity (Wildman–Crippen MR) is 163 cm³/mol. The van der Waals surface area contributed by atoms with E-state index in [-0.39, 0.29) is 11.2 Å². The molecule has 3 aromatic heterocycles. The van der Waals surface area contributed by atoms with Crippen LogP contribution in [0.4, 0.5) is 4.39 Å². The van der Waals surface area contributed by atoms with Gasteiger partial charge in [0.25, 0.3) is 0 Å². The number of benzene rings is 2. The second-order valence-corrected chi connectivity index (χ2v) is 11.0. The topological polar surface area (TPSA) is 82.3 Å². The highest BCUT2D eigenvalue weighted by atomic mass is 19.1. The standard InChI is InChI=1S/C33H33FN6/c1-7-21(18-24(8-2)35-20(3)19-33(4,5)6)26-16-17-28-30(36-26)31(40-39-28)32-37-27-11-9-10-25(29(27)38-32)22-12-14-23(34)15-13-22/h7-18,35H,2-3,19H2,1,4-6H3,(H,37,38)(H,39,40)/b21-7+,24-18+. The SMILES string of the molecule is C=C/C(=C\C(=C/C)c1ccc2[nH]nc(-c3nc4c(-c5ccc(F)cc5)cccc4[nH]3)c2n1)NC(=C)CC(C)(C)C. The van der Waals surface area contributed by atoms with Crippen molar-refractivity contribution in [2.75, 3.05) is 0 Å². The van der Waals surface area contributed by atoms with E-state index < -0.39 is 0 Å². The maximum atomic E-state index is 13.5. The number of hydrogen-bond acceptors (Lipinski definition) is 4. The Bertz CT molecular complexity index is 1780. The summed E-state index contributed by atoms with van der Waals surface area (Å²) in [5.74, 6) is 0.328. The van der Waals surface area contributed by atoms with Crippen molar-refractivity contribution in [1.29, 1.82) is 0 Å². The van der Waals surface area contributed by atoms with Gasteiger partial charge in [0.05, 0.1) is 22.2 Å². The molecular weight excluding hydrogens is 499 g/mol. The van der Waals surface area contributed by atoms with Gasteiger partial charge in [-0.3, -0.25) is 5.10 Å². The fraction of sp³-hybridized carbons (Fsp3) is 0.182. The number of rotatable bonds is 8. The molecule has 0 saturated heterocycles. The molecule has 0 atom stereocenters. The molecular formula is C33H33FN6. The number of imidazole rings is 1. The van der Waals surface area contributed by atoms with E-state index in [1.54, 1.807) is 18.2 Å². The van der Waals surface area contributed by atoms with Gasteiger partial charge in [-0.25, -0.2) is 14.4 Å². The van der Waals surface area contributed by atoms with Gasteiger partial charge >= 0.3 is 0 Å². The summed E-state index contributed by atoms with van der Waals surface area (Å²) < 4.78 is 13.5. The zero-order valence-electron chi connectivity index (χ0n) is 23.3. The number of fused-ring (bicyclic) bond motifs is 2. The Morgan fingerprint density at radius 2 is 1.77 bits per heavy atom. The van der Waals surface area contributed by atoms with Crippen LogP contribution in [0.15, 0.2) is 97.4 Å². The van der Waals surface area contributed by atoms with Crippen LogP contribution in [-0.2, 0) is 0 Å². The molecule has 0 saturated carbocycles. The predicted octanol–water partition coefficient (Wildman–Crippen LogP) is 8.32. The van der Waals surface area contributed by atoms with Crippen LogP contribution in [0, 0.1) is 11.2 Å². The van der Waals surface area contributed by atoms with Crippen molar-refractivity contribution in [1.82, 2.24) is 30.5 Å². The molecule has 0 aliphatic rings. The third kappa shape index (κ3) is 5.64. The lowest BCUT2D eigenvalue weighted by Crippen LogP contribution is -2.16. The van der Waals surface area contributed by atoms with Crippen LogP contribution in [0.25, 0.3) is 50.3 Å². The minimum absolute atomic E-state index is 0.125. The normalized spacial score (nSPS) is 12.7. The van der Waals surface area contributed by atoms with Crippen molar-refractivity contribution in [2.45, 2.75) is 34.1 Å². The molecule has 40 heavy (non-hydrogen) atoms. The number of aromatic amines is 2. The average molecular weight is 533 g/mol. The molecule has 0 spiro atoms. The molecule has 0 fully saturated rings. The van der Waals surface area contributed by atoms with Crippen LogP contribution in [0.1, 0.15) is 39.8 Å². The monoisotopic (exact) mass is 532 g/mol. The molecule has 5 aromatic rings. The van der Waals surface area contributed by atoms with E-state index in [2.05, 4.69) is 54.4 Å². The number of halogens is 1. The second-order valence-electron chi connectivity index (χ2n) is 11.0.